The molecule has 1 heterocycles. The predicted molar refractivity (Wildman–Crippen MR) is 73.0 cm³/mol. The number of hydrogen-bond acceptors (Lipinski definition) is 5. The van der Waals surface area contributed by atoms with E-state index in [1.807, 2.05) is 13.1 Å². The Balaban J connectivity index is 2.18. The van der Waals surface area contributed by atoms with Crippen molar-refractivity contribution >= 4 is 11.6 Å². The highest BCUT2D eigenvalue weighted by Crippen LogP contribution is 2.39. The Hall–Kier alpha value is -1.36. The highest BCUT2D eigenvalue weighted by Gasteiger charge is 2.28. The van der Waals surface area contributed by atoms with Crippen molar-refractivity contribution in [1.82, 2.24) is 9.97 Å². The number of nitrogens with one attached hydrogen (secondary N) is 2. The highest BCUT2D eigenvalue weighted by atomic mass is 16.3. The zero-order valence-corrected chi connectivity index (χ0v) is 11.3. The number of aromatic nitrogens is 2. The second-order valence-electron chi connectivity index (χ2n) is 5.50. The fraction of sp³-hybridized carbons (Fsp3) is 0.692. The van der Waals surface area contributed by atoms with Crippen LogP contribution in [0.5, 0.6) is 0 Å². The van der Waals surface area contributed by atoms with E-state index >= 15 is 0 Å². The van der Waals surface area contributed by atoms with E-state index < -0.39 is 0 Å². The van der Waals surface area contributed by atoms with Crippen LogP contribution < -0.4 is 10.6 Å². The standard InChI is InChI=1S/C13H22N4O/c1-13(2,6-7-18)17-11-8-10(14-3)15-12(16-11)9-4-5-9/h8-9,18H,4-7H2,1-3H3,(H2,14,15,16,17). The summed E-state index contributed by atoms with van der Waals surface area (Å²) in [6, 6.07) is 1.91. The SMILES string of the molecule is CNc1cc(NC(C)(C)CCO)nc(C2CC2)n1. The van der Waals surface area contributed by atoms with Gasteiger partial charge >= 0.3 is 0 Å². The van der Waals surface area contributed by atoms with Crippen LogP contribution >= 0.6 is 0 Å². The van der Waals surface area contributed by atoms with Crippen molar-refractivity contribution in [2.45, 2.75) is 44.6 Å². The molecule has 0 bridgehead atoms. The lowest BCUT2D eigenvalue weighted by molar-refractivity contribution is 0.260. The Morgan fingerprint density at radius 1 is 1.33 bits per heavy atom. The van der Waals surface area contributed by atoms with Gasteiger partial charge in [-0.25, -0.2) is 9.97 Å². The molecule has 1 fully saturated rings. The van der Waals surface area contributed by atoms with E-state index in [4.69, 9.17) is 5.11 Å². The van der Waals surface area contributed by atoms with Crippen LogP contribution in [-0.4, -0.2) is 34.3 Å². The van der Waals surface area contributed by atoms with Crippen LogP contribution in [0, 0.1) is 0 Å². The lowest BCUT2D eigenvalue weighted by atomic mass is 10.0. The first kappa shape index (κ1) is 13.1. The maximum Gasteiger partial charge on any atom is 0.136 e. The third-order valence-corrected chi connectivity index (χ3v) is 3.15. The number of anilines is 2. The van der Waals surface area contributed by atoms with Crippen LogP contribution in [0.15, 0.2) is 6.07 Å². The molecule has 1 aliphatic carbocycles. The molecule has 0 radical (unpaired) electrons. The molecule has 2 rings (SSSR count). The molecule has 0 unspecified atom stereocenters. The van der Waals surface area contributed by atoms with E-state index in [0.717, 1.165) is 17.5 Å². The summed E-state index contributed by atoms with van der Waals surface area (Å²) >= 11 is 0. The molecule has 0 aromatic carbocycles. The van der Waals surface area contributed by atoms with Crippen molar-refractivity contribution in [3.8, 4) is 0 Å². The fourth-order valence-corrected chi connectivity index (χ4v) is 1.87. The molecular weight excluding hydrogens is 228 g/mol. The van der Waals surface area contributed by atoms with Gasteiger partial charge in [0.25, 0.3) is 0 Å². The maximum absolute atomic E-state index is 9.05. The third kappa shape index (κ3) is 3.32. The minimum absolute atomic E-state index is 0.166. The van der Waals surface area contributed by atoms with Crippen molar-refractivity contribution in [2.75, 3.05) is 24.3 Å². The first-order valence-electron chi connectivity index (χ1n) is 6.50. The molecule has 0 spiro atoms. The summed E-state index contributed by atoms with van der Waals surface area (Å²) in [6.45, 7) is 4.28. The summed E-state index contributed by atoms with van der Waals surface area (Å²) in [6.07, 6.45) is 3.06. The van der Waals surface area contributed by atoms with Crippen LogP contribution in [-0.2, 0) is 0 Å². The van der Waals surface area contributed by atoms with Crippen LogP contribution in [0.2, 0.25) is 0 Å². The quantitative estimate of drug-likeness (QED) is 0.720. The van der Waals surface area contributed by atoms with E-state index in [0.29, 0.717) is 12.3 Å². The molecule has 100 valence electrons. The first-order chi connectivity index (χ1) is 8.54. The second kappa shape index (κ2) is 5.10. The van der Waals surface area contributed by atoms with E-state index in [-0.39, 0.29) is 12.1 Å². The summed E-state index contributed by atoms with van der Waals surface area (Å²) < 4.78 is 0. The molecule has 1 aromatic rings. The van der Waals surface area contributed by atoms with Gasteiger partial charge < -0.3 is 15.7 Å². The van der Waals surface area contributed by atoms with Gasteiger partial charge in [-0.1, -0.05) is 0 Å². The summed E-state index contributed by atoms with van der Waals surface area (Å²) in [4.78, 5) is 9.05. The molecule has 0 amide bonds. The lowest BCUT2D eigenvalue weighted by Crippen LogP contribution is -2.32. The zero-order chi connectivity index (χ0) is 13.2. The van der Waals surface area contributed by atoms with Gasteiger partial charge in [0.15, 0.2) is 0 Å². The van der Waals surface area contributed by atoms with Crippen LogP contribution in [0.1, 0.15) is 44.9 Å². The second-order valence-corrected chi connectivity index (χ2v) is 5.50. The molecule has 1 saturated carbocycles. The number of aliphatic hydroxyl groups excluding tert-OH is 1. The predicted octanol–water partition coefficient (Wildman–Crippen LogP) is 1.97. The zero-order valence-electron chi connectivity index (χ0n) is 11.3. The Morgan fingerprint density at radius 3 is 2.56 bits per heavy atom. The Bertz CT molecular complexity index is 415. The highest BCUT2D eigenvalue weighted by molar-refractivity contribution is 5.49. The van der Waals surface area contributed by atoms with Crippen LogP contribution in [0.3, 0.4) is 0 Å². The van der Waals surface area contributed by atoms with Crippen LogP contribution in [0.4, 0.5) is 11.6 Å². The average Bonchev–Trinajstić information content (AvgIpc) is 3.11. The topological polar surface area (TPSA) is 70.1 Å². The Kier molecular flexibility index (Phi) is 3.71. The van der Waals surface area contributed by atoms with Gasteiger partial charge in [-0.15, -0.1) is 0 Å². The van der Waals surface area contributed by atoms with Crippen molar-refractivity contribution < 1.29 is 5.11 Å². The summed E-state index contributed by atoms with van der Waals surface area (Å²) in [5, 5.41) is 15.5. The Labute approximate surface area is 108 Å². The van der Waals surface area contributed by atoms with Crippen molar-refractivity contribution in [3.63, 3.8) is 0 Å². The molecule has 18 heavy (non-hydrogen) atoms. The third-order valence-electron chi connectivity index (χ3n) is 3.15. The minimum atomic E-state index is -0.172. The summed E-state index contributed by atoms with van der Waals surface area (Å²) in [5.41, 5.74) is -0.172. The molecule has 1 aliphatic rings. The van der Waals surface area contributed by atoms with Gasteiger partial charge in [-0.2, -0.15) is 0 Å². The molecular formula is C13H22N4O. The van der Waals surface area contributed by atoms with Crippen molar-refractivity contribution in [2.24, 2.45) is 0 Å². The van der Waals surface area contributed by atoms with Gasteiger partial charge in [0, 0.05) is 31.2 Å². The minimum Gasteiger partial charge on any atom is -0.396 e. The van der Waals surface area contributed by atoms with Crippen LogP contribution in [0.25, 0.3) is 0 Å². The number of nitrogens with zero attached hydrogens (tertiary/aromatic N) is 2. The smallest absolute Gasteiger partial charge is 0.136 e. The van der Waals surface area contributed by atoms with Crippen molar-refractivity contribution in [1.29, 1.82) is 0 Å². The Morgan fingerprint density at radius 2 is 2.00 bits per heavy atom. The van der Waals surface area contributed by atoms with E-state index in [1.54, 1.807) is 0 Å². The van der Waals surface area contributed by atoms with E-state index in [2.05, 4.69) is 34.4 Å². The molecule has 0 aliphatic heterocycles. The average molecular weight is 250 g/mol. The molecule has 0 saturated heterocycles. The first-order valence-corrected chi connectivity index (χ1v) is 6.50. The van der Waals surface area contributed by atoms with E-state index in [9.17, 15) is 0 Å². The number of aliphatic hydroxyl groups is 1. The van der Waals surface area contributed by atoms with Gasteiger partial charge in [0.05, 0.1) is 0 Å². The summed E-state index contributed by atoms with van der Waals surface area (Å²) in [5.74, 6) is 3.12. The molecule has 3 N–H and O–H groups in total. The van der Waals surface area contributed by atoms with Gasteiger partial charge in [-0.3, -0.25) is 0 Å². The van der Waals surface area contributed by atoms with Gasteiger partial charge in [-0.05, 0) is 33.1 Å². The van der Waals surface area contributed by atoms with Gasteiger partial charge in [0.1, 0.15) is 17.5 Å². The molecule has 0 atom stereocenters. The summed E-state index contributed by atoms with van der Waals surface area (Å²) in [7, 11) is 1.86. The maximum atomic E-state index is 9.05. The van der Waals surface area contributed by atoms with Gasteiger partial charge in [0.2, 0.25) is 0 Å². The fourth-order valence-electron chi connectivity index (χ4n) is 1.87. The molecule has 5 nitrogen and oxygen atoms in total. The normalized spacial score (nSPS) is 15.6. The lowest BCUT2D eigenvalue weighted by Gasteiger charge is -2.26. The number of rotatable bonds is 6. The monoisotopic (exact) mass is 250 g/mol. The molecule has 1 aromatic heterocycles. The molecule has 5 heteroatoms. The largest absolute Gasteiger partial charge is 0.396 e. The van der Waals surface area contributed by atoms with Crippen molar-refractivity contribution in [3.05, 3.63) is 11.9 Å². The number of hydrogen-bond donors (Lipinski definition) is 3. The van der Waals surface area contributed by atoms with E-state index in [1.165, 1.54) is 12.8 Å².